The van der Waals surface area contributed by atoms with Gasteiger partial charge >= 0.3 is 6.03 Å². The van der Waals surface area contributed by atoms with Crippen molar-refractivity contribution in [3.63, 3.8) is 0 Å². The zero-order valence-electron chi connectivity index (χ0n) is 27.4. The van der Waals surface area contributed by atoms with Gasteiger partial charge in [-0.3, -0.25) is 9.78 Å². The highest BCUT2D eigenvalue weighted by atomic mass is 32.2. The molecule has 0 saturated carbocycles. The third-order valence-electron chi connectivity index (χ3n) is 9.04. The fraction of sp³-hybridized carbons (Fsp3) is 0.543. The molecule has 2 fully saturated rings. The first-order valence-electron chi connectivity index (χ1n) is 17.2. The first-order valence-corrected chi connectivity index (χ1v) is 18.3. The molecule has 4 atom stereocenters. The molecule has 0 spiro atoms. The Morgan fingerprint density at radius 1 is 0.979 bits per heavy atom. The van der Waals surface area contributed by atoms with Crippen molar-refractivity contribution >= 4 is 23.7 Å². The van der Waals surface area contributed by atoms with E-state index in [4.69, 9.17) is 14.2 Å². The number of unbranched alkanes of at least 4 members (excludes halogenated alkanes) is 2. The summed E-state index contributed by atoms with van der Waals surface area (Å²) in [6.07, 6.45) is 11.0. The Bertz CT molecular complexity index is 1460. The van der Waals surface area contributed by atoms with Crippen molar-refractivity contribution in [3.05, 3.63) is 71.8 Å². The second-order valence-electron chi connectivity index (χ2n) is 12.4. The van der Waals surface area contributed by atoms with Gasteiger partial charge in [0, 0.05) is 35.0 Å². The second kappa shape index (κ2) is 17.7. The molecule has 3 aromatic rings. The number of hydrogen-bond acceptors (Lipinski definition) is 9. The fourth-order valence-electron chi connectivity index (χ4n) is 6.57. The van der Waals surface area contributed by atoms with E-state index >= 15 is 0 Å². The number of ether oxygens (including phenoxy) is 3. The largest absolute Gasteiger partial charge is 0.491 e. The minimum absolute atomic E-state index is 0.00615. The standard InChI is InChI=1S/C35H47N7O5S/c43-34(29-7-3-5-16-37-29)39-28-8-6-9-31-27(28)23-38-42(31)25-11-13-26(14-12-25)47-22-21-46-20-19-45-18-17-36-15-4-1-2-10-32-33-30(24-48-32)40-35(44)41-33/h3,5,7,11-14,16,23,28,30,32-33,36H,1-2,4,6,8-10,15,17-22,24H2,(H,39,43)(H2,40,41,44)/t28?,30-,32-,33-/m0/s1. The number of pyridine rings is 1. The third-order valence-corrected chi connectivity index (χ3v) is 10.5. The van der Waals surface area contributed by atoms with Crippen LogP contribution in [0.15, 0.2) is 54.9 Å². The van der Waals surface area contributed by atoms with Crippen molar-refractivity contribution in [1.29, 1.82) is 0 Å². The summed E-state index contributed by atoms with van der Waals surface area (Å²) in [5, 5.41) is 17.9. The number of nitrogens with zero attached hydrogens (tertiary/aromatic N) is 3. The van der Waals surface area contributed by atoms with Gasteiger partial charge in [-0.05, 0) is 75.0 Å². The summed E-state index contributed by atoms with van der Waals surface area (Å²) < 4.78 is 19.2. The minimum atomic E-state index is -0.168. The number of hydrogen-bond donors (Lipinski definition) is 4. The van der Waals surface area contributed by atoms with Crippen LogP contribution in [0, 0.1) is 0 Å². The predicted octanol–water partition coefficient (Wildman–Crippen LogP) is 3.80. The molecule has 2 saturated heterocycles. The smallest absolute Gasteiger partial charge is 0.315 e. The molecule has 0 radical (unpaired) electrons. The van der Waals surface area contributed by atoms with Crippen LogP contribution in [-0.2, 0) is 15.9 Å². The van der Waals surface area contributed by atoms with Gasteiger partial charge < -0.3 is 35.5 Å². The van der Waals surface area contributed by atoms with Crippen LogP contribution in [-0.4, -0.2) is 95.9 Å². The topological polar surface area (TPSA) is 141 Å². The van der Waals surface area contributed by atoms with Crippen LogP contribution >= 0.6 is 11.8 Å². The van der Waals surface area contributed by atoms with E-state index in [1.807, 2.05) is 53.0 Å². The highest BCUT2D eigenvalue weighted by Crippen LogP contribution is 2.33. The van der Waals surface area contributed by atoms with Crippen molar-refractivity contribution in [2.24, 2.45) is 0 Å². The summed E-state index contributed by atoms with van der Waals surface area (Å²) in [5.74, 6) is 1.63. The van der Waals surface area contributed by atoms with Gasteiger partial charge in [0.05, 0.1) is 56.4 Å². The number of amides is 3. The van der Waals surface area contributed by atoms with Crippen molar-refractivity contribution in [1.82, 2.24) is 36.0 Å². The molecule has 1 aliphatic carbocycles. The molecule has 1 aromatic carbocycles. The SMILES string of the molecule is O=C1N[C@H]2[C@H](CS[C@H]2CCCCCNCCOCCOCCOc2ccc(-n3ncc4c3CCCC4NC(=O)c3ccccn3)cc2)N1. The molecule has 3 amide bonds. The Balaban J connectivity index is 0.782. The Morgan fingerprint density at radius 2 is 1.83 bits per heavy atom. The van der Waals surface area contributed by atoms with Crippen LogP contribution < -0.4 is 26.0 Å². The van der Waals surface area contributed by atoms with E-state index in [0.717, 1.165) is 67.2 Å². The summed E-state index contributed by atoms with van der Waals surface area (Å²) in [6.45, 7) is 4.55. The molecular formula is C35H47N7O5S. The first-order chi connectivity index (χ1) is 23.7. The highest BCUT2D eigenvalue weighted by molar-refractivity contribution is 8.00. The van der Waals surface area contributed by atoms with E-state index in [1.165, 1.54) is 19.3 Å². The predicted molar refractivity (Wildman–Crippen MR) is 185 cm³/mol. The van der Waals surface area contributed by atoms with E-state index in [2.05, 4.69) is 31.3 Å². The van der Waals surface area contributed by atoms with E-state index in [-0.39, 0.29) is 18.0 Å². The van der Waals surface area contributed by atoms with E-state index < -0.39 is 0 Å². The lowest BCUT2D eigenvalue weighted by Gasteiger charge is -2.24. The number of benzene rings is 1. The molecule has 2 aliphatic heterocycles. The van der Waals surface area contributed by atoms with Gasteiger partial charge in [0.2, 0.25) is 0 Å². The normalized spacial score (nSPS) is 21.3. The molecule has 3 aliphatic rings. The van der Waals surface area contributed by atoms with Gasteiger partial charge in [-0.15, -0.1) is 0 Å². The molecule has 48 heavy (non-hydrogen) atoms. The van der Waals surface area contributed by atoms with E-state index in [9.17, 15) is 9.59 Å². The molecule has 13 heteroatoms. The maximum Gasteiger partial charge on any atom is 0.315 e. The van der Waals surface area contributed by atoms with E-state index in [1.54, 1.807) is 18.3 Å². The number of thioether (sulfide) groups is 1. The summed E-state index contributed by atoms with van der Waals surface area (Å²) in [6, 6.07) is 13.8. The maximum absolute atomic E-state index is 12.7. The third kappa shape index (κ3) is 9.28. The first kappa shape index (κ1) is 34.2. The molecule has 0 bridgehead atoms. The molecule has 1 unspecified atom stereocenters. The Hall–Kier alpha value is -3.65. The summed E-state index contributed by atoms with van der Waals surface area (Å²) >= 11 is 1.99. The number of nitrogens with one attached hydrogen (secondary N) is 4. The van der Waals surface area contributed by atoms with Gasteiger partial charge in [0.1, 0.15) is 18.1 Å². The highest BCUT2D eigenvalue weighted by Gasteiger charge is 2.42. The van der Waals surface area contributed by atoms with Crippen LogP contribution in [0.1, 0.15) is 66.3 Å². The zero-order chi connectivity index (χ0) is 33.0. The average molecular weight is 678 g/mol. The van der Waals surface area contributed by atoms with Crippen LogP contribution in [0.5, 0.6) is 5.75 Å². The Kier molecular flexibility index (Phi) is 12.6. The van der Waals surface area contributed by atoms with Crippen LogP contribution in [0.4, 0.5) is 4.79 Å². The van der Waals surface area contributed by atoms with Crippen molar-refractivity contribution < 1.29 is 23.8 Å². The quantitative estimate of drug-likeness (QED) is 0.110. The average Bonchev–Trinajstić information content (AvgIpc) is 3.82. The summed E-state index contributed by atoms with van der Waals surface area (Å²) in [4.78, 5) is 28.4. The van der Waals surface area contributed by atoms with Crippen molar-refractivity contribution in [3.8, 4) is 11.4 Å². The summed E-state index contributed by atoms with van der Waals surface area (Å²) in [5.41, 5.74) is 3.55. The maximum atomic E-state index is 12.7. The van der Waals surface area contributed by atoms with Gasteiger partial charge in [0.15, 0.2) is 0 Å². The number of carbonyl (C=O) groups excluding carboxylic acids is 2. The van der Waals surface area contributed by atoms with Gasteiger partial charge in [0.25, 0.3) is 5.91 Å². The lowest BCUT2D eigenvalue weighted by Crippen LogP contribution is -2.36. The minimum Gasteiger partial charge on any atom is -0.491 e. The van der Waals surface area contributed by atoms with Crippen molar-refractivity contribution in [2.75, 3.05) is 51.9 Å². The zero-order valence-corrected chi connectivity index (χ0v) is 28.2. The number of urea groups is 1. The Labute approximate surface area is 286 Å². The summed E-state index contributed by atoms with van der Waals surface area (Å²) in [7, 11) is 0. The second-order valence-corrected chi connectivity index (χ2v) is 13.7. The molecule has 6 rings (SSSR count). The molecule has 12 nitrogen and oxygen atoms in total. The molecular weight excluding hydrogens is 630 g/mol. The molecule has 2 aromatic heterocycles. The monoisotopic (exact) mass is 677 g/mol. The molecule has 258 valence electrons. The van der Waals surface area contributed by atoms with Gasteiger partial charge in [-0.25, -0.2) is 9.48 Å². The molecule has 4 N–H and O–H groups in total. The lowest BCUT2D eigenvalue weighted by molar-refractivity contribution is 0.0373. The number of rotatable bonds is 19. The molecule has 4 heterocycles. The lowest BCUT2D eigenvalue weighted by atomic mass is 9.92. The van der Waals surface area contributed by atoms with Crippen LogP contribution in [0.2, 0.25) is 0 Å². The van der Waals surface area contributed by atoms with Gasteiger partial charge in [-0.1, -0.05) is 18.9 Å². The fourth-order valence-corrected chi connectivity index (χ4v) is 8.11. The van der Waals surface area contributed by atoms with Crippen molar-refractivity contribution in [2.45, 2.75) is 68.3 Å². The van der Waals surface area contributed by atoms with E-state index in [0.29, 0.717) is 56.1 Å². The Morgan fingerprint density at radius 3 is 2.69 bits per heavy atom. The number of carbonyl (C=O) groups is 2. The van der Waals surface area contributed by atoms with Crippen LogP contribution in [0.3, 0.4) is 0 Å². The van der Waals surface area contributed by atoms with Gasteiger partial charge in [-0.2, -0.15) is 16.9 Å². The number of fused-ring (bicyclic) bond motifs is 2. The van der Waals surface area contributed by atoms with Crippen LogP contribution in [0.25, 0.3) is 5.69 Å². The number of aromatic nitrogens is 3.